The molecule has 6 aromatic rings. The van der Waals surface area contributed by atoms with Gasteiger partial charge in [-0.15, -0.1) is 0 Å². The van der Waals surface area contributed by atoms with E-state index in [9.17, 15) is 8.42 Å². The molecule has 9 rings (SSSR count). The molecule has 0 N–H and O–H groups in total. The number of rotatable bonds is 0. The molecular weight excluding hydrogens is 408 g/mol. The van der Waals surface area contributed by atoms with Crippen LogP contribution < -0.4 is 4.18 Å². The molecule has 0 unspecified atom stereocenters. The van der Waals surface area contributed by atoms with E-state index in [0.717, 1.165) is 87.6 Å². The molecule has 0 saturated carbocycles. The Bertz CT molecular complexity index is 1920. The van der Waals surface area contributed by atoms with Crippen molar-refractivity contribution in [3.05, 3.63) is 46.5 Å². The number of furan rings is 1. The molecule has 5 heteroatoms. The Morgan fingerprint density at radius 2 is 1.13 bits per heavy atom. The lowest BCUT2D eigenvalue weighted by molar-refractivity contribution is 0.487. The summed E-state index contributed by atoms with van der Waals surface area (Å²) in [6, 6.07) is 8.32. The minimum Gasteiger partial charge on any atom is -0.456 e. The van der Waals surface area contributed by atoms with Gasteiger partial charge < -0.3 is 8.60 Å². The highest BCUT2D eigenvalue weighted by molar-refractivity contribution is 7.87. The molecule has 4 nitrogen and oxygen atoms in total. The van der Waals surface area contributed by atoms with Crippen LogP contribution in [0.1, 0.15) is 35.1 Å². The van der Waals surface area contributed by atoms with Gasteiger partial charge in [-0.1, -0.05) is 0 Å². The highest BCUT2D eigenvalue weighted by Gasteiger charge is 2.36. The third kappa shape index (κ3) is 1.55. The van der Waals surface area contributed by atoms with E-state index >= 15 is 0 Å². The van der Waals surface area contributed by atoms with Gasteiger partial charge in [0, 0.05) is 32.3 Å². The van der Waals surface area contributed by atoms with Crippen LogP contribution in [0.2, 0.25) is 0 Å². The Morgan fingerprint density at radius 1 is 0.581 bits per heavy atom. The minimum atomic E-state index is -3.87. The third-order valence-electron chi connectivity index (χ3n) is 7.96. The van der Waals surface area contributed by atoms with Gasteiger partial charge >= 0.3 is 10.1 Å². The SMILES string of the molecule is O=S1(=O)Oc2cc3c4c(cc5oc6cc7c8c(cc1c1c2c4c5c6c81)CCC7)CCC3. The molecule has 3 aliphatic rings. The fourth-order valence-electron chi connectivity index (χ4n) is 6.93. The summed E-state index contributed by atoms with van der Waals surface area (Å²) < 4.78 is 38.9. The molecule has 2 heterocycles. The van der Waals surface area contributed by atoms with Gasteiger partial charge in [0.25, 0.3) is 0 Å². The van der Waals surface area contributed by atoms with Crippen molar-refractivity contribution in [2.24, 2.45) is 0 Å². The standard InChI is InChI=1S/C26H16O4S/c27-31(28)18-10-14-6-2-4-12-8-16-22-21-15(29-16)7-11-3-1-5-13-9-17(30-31)23(25(21)19(11)13)24(18)26(22)20(12)14/h7-10H,1-6H2. The highest BCUT2D eigenvalue weighted by Crippen LogP contribution is 2.56. The van der Waals surface area contributed by atoms with E-state index in [1.54, 1.807) is 0 Å². The fourth-order valence-corrected chi connectivity index (χ4v) is 8.13. The molecule has 0 amide bonds. The summed E-state index contributed by atoms with van der Waals surface area (Å²) >= 11 is 0. The quantitative estimate of drug-likeness (QED) is 0.171. The number of aryl methyl sites for hydroxylation is 4. The smallest absolute Gasteiger partial charge is 0.339 e. The van der Waals surface area contributed by atoms with Crippen LogP contribution in [0.5, 0.6) is 5.75 Å². The van der Waals surface area contributed by atoms with E-state index in [1.165, 1.54) is 27.5 Å². The lowest BCUT2D eigenvalue weighted by Gasteiger charge is -2.28. The molecule has 0 atom stereocenters. The average Bonchev–Trinajstić information content (AvgIpc) is 3.12. The van der Waals surface area contributed by atoms with Gasteiger partial charge in [-0.3, -0.25) is 0 Å². The first-order chi connectivity index (χ1) is 15.1. The Kier molecular flexibility index (Phi) is 2.32. The second-order valence-corrected chi connectivity index (χ2v) is 11.0. The lowest BCUT2D eigenvalue weighted by atomic mass is 9.79. The second-order valence-electron chi connectivity index (χ2n) is 9.48. The van der Waals surface area contributed by atoms with Crippen LogP contribution in [0.25, 0.3) is 54.3 Å². The van der Waals surface area contributed by atoms with Gasteiger partial charge in [-0.2, -0.15) is 8.42 Å². The summed E-state index contributed by atoms with van der Waals surface area (Å²) in [6.45, 7) is 0. The van der Waals surface area contributed by atoms with Crippen LogP contribution in [-0.4, -0.2) is 8.42 Å². The maximum absolute atomic E-state index is 13.3. The maximum Gasteiger partial charge on any atom is 0.339 e. The van der Waals surface area contributed by atoms with Crippen molar-refractivity contribution in [3.63, 3.8) is 0 Å². The molecule has 5 aromatic carbocycles. The van der Waals surface area contributed by atoms with Crippen molar-refractivity contribution in [2.45, 2.75) is 43.4 Å². The molecule has 1 aromatic heterocycles. The Morgan fingerprint density at radius 3 is 1.77 bits per heavy atom. The summed E-state index contributed by atoms with van der Waals surface area (Å²) in [5.74, 6) is 0.492. The normalized spacial score (nSPS) is 19.0. The maximum atomic E-state index is 13.3. The van der Waals surface area contributed by atoms with Crippen LogP contribution >= 0.6 is 0 Å². The zero-order chi connectivity index (χ0) is 20.2. The molecule has 0 bridgehead atoms. The molecule has 150 valence electrons. The Labute approximate surface area is 177 Å². The molecule has 1 aliphatic heterocycles. The molecule has 0 fully saturated rings. The van der Waals surface area contributed by atoms with Crippen molar-refractivity contribution < 1.29 is 17.0 Å². The molecule has 0 spiro atoms. The van der Waals surface area contributed by atoms with Crippen molar-refractivity contribution in [1.82, 2.24) is 0 Å². The monoisotopic (exact) mass is 424 g/mol. The van der Waals surface area contributed by atoms with Crippen LogP contribution in [-0.2, 0) is 35.8 Å². The minimum absolute atomic E-state index is 0.333. The van der Waals surface area contributed by atoms with Gasteiger partial charge in [0.15, 0.2) is 5.75 Å². The van der Waals surface area contributed by atoms with E-state index in [4.69, 9.17) is 8.60 Å². The van der Waals surface area contributed by atoms with E-state index in [0.29, 0.717) is 10.6 Å². The number of hydrogen-bond acceptors (Lipinski definition) is 4. The number of benzene rings is 5. The van der Waals surface area contributed by atoms with Gasteiger partial charge in [0.2, 0.25) is 0 Å². The van der Waals surface area contributed by atoms with E-state index in [-0.39, 0.29) is 0 Å². The van der Waals surface area contributed by atoms with Gasteiger partial charge in [0.1, 0.15) is 16.1 Å². The van der Waals surface area contributed by atoms with Crippen LogP contribution in [0.4, 0.5) is 0 Å². The Hall–Kier alpha value is -3.05. The van der Waals surface area contributed by atoms with Crippen molar-refractivity contribution in [3.8, 4) is 5.75 Å². The van der Waals surface area contributed by atoms with Crippen molar-refractivity contribution in [2.75, 3.05) is 0 Å². The predicted molar refractivity (Wildman–Crippen MR) is 120 cm³/mol. The Balaban J connectivity index is 1.77. The highest BCUT2D eigenvalue weighted by atomic mass is 32.2. The first-order valence-corrected chi connectivity index (χ1v) is 12.4. The molecule has 0 radical (unpaired) electrons. The van der Waals surface area contributed by atoms with Crippen LogP contribution in [0.15, 0.2) is 33.6 Å². The molecule has 31 heavy (non-hydrogen) atoms. The third-order valence-corrected chi connectivity index (χ3v) is 9.22. The van der Waals surface area contributed by atoms with Gasteiger partial charge in [-0.05, 0) is 95.8 Å². The van der Waals surface area contributed by atoms with Crippen molar-refractivity contribution in [1.29, 1.82) is 0 Å². The molecule has 0 saturated heterocycles. The first kappa shape index (κ1) is 15.7. The zero-order valence-electron chi connectivity index (χ0n) is 16.6. The van der Waals surface area contributed by atoms with E-state index in [2.05, 4.69) is 12.1 Å². The average molecular weight is 424 g/mol. The predicted octanol–water partition coefficient (Wildman–Crippen LogP) is 5.98. The van der Waals surface area contributed by atoms with Crippen LogP contribution in [0.3, 0.4) is 0 Å². The summed E-state index contributed by atoms with van der Waals surface area (Å²) in [7, 11) is -3.87. The lowest BCUT2D eigenvalue weighted by Crippen LogP contribution is -2.17. The summed E-state index contributed by atoms with van der Waals surface area (Å²) in [5.41, 5.74) is 6.70. The summed E-state index contributed by atoms with van der Waals surface area (Å²) in [5, 5.41) is 8.78. The largest absolute Gasteiger partial charge is 0.456 e. The van der Waals surface area contributed by atoms with E-state index in [1.807, 2.05) is 12.1 Å². The zero-order valence-corrected chi connectivity index (χ0v) is 17.4. The van der Waals surface area contributed by atoms with Crippen LogP contribution in [0, 0.1) is 0 Å². The van der Waals surface area contributed by atoms with Crippen molar-refractivity contribution >= 4 is 64.4 Å². The van der Waals surface area contributed by atoms with Gasteiger partial charge in [-0.25, -0.2) is 0 Å². The number of hydrogen-bond donors (Lipinski definition) is 0. The summed E-state index contributed by atoms with van der Waals surface area (Å²) in [6.07, 6.45) is 5.93. The van der Waals surface area contributed by atoms with Gasteiger partial charge in [0.05, 0.1) is 0 Å². The fraction of sp³-hybridized carbons (Fsp3) is 0.231. The molecule has 2 aliphatic carbocycles. The van der Waals surface area contributed by atoms with E-state index < -0.39 is 10.1 Å². The first-order valence-electron chi connectivity index (χ1n) is 11.0. The molecular formula is C26H16O4S. The second kappa shape index (κ2) is 4.58. The topological polar surface area (TPSA) is 56.5 Å². The summed E-state index contributed by atoms with van der Waals surface area (Å²) in [4.78, 5) is 0.333.